The summed E-state index contributed by atoms with van der Waals surface area (Å²) in [4.78, 5) is 12.7. The Morgan fingerprint density at radius 1 is 1.50 bits per heavy atom. The van der Waals surface area contributed by atoms with Crippen molar-refractivity contribution < 1.29 is 5.11 Å². The van der Waals surface area contributed by atoms with E-state index in [0.29, 0.717) is 11.6 Å². The van der Waals surface area contributed by atoms with Gasteiger partial charge < -0.3 is 5.11 Å². The largest absolute Gasteiger partial charge is 0.388 e. The summed E-state index contributed by atoms with van der Waals surface area (Å²) < 4.78 is 1.72. The van der Waals surface area contributed by atoms with E-state index in [-0.39, 0.29) is 11.7 Å². The monoisotopic (exact) mass is 291 g/mol. The molecule has 0 spiro atoms. The molecule has 0 saturated heterocycles. The van der Waals surface area contributed by atoms with Crippen molar-refractivity contribution in [1.82, 2.24) is 14.8 Å². The summed E-state index contributed by atoms with van der Waals surface area (Å²) in [7, 11) is 0. The second-order valence-corrected chi connectivity index (χ2v) is 5.99. The Morgan fingerprint density at radius 2 is 2.25 bits per heavy atom. The maximum atomic E-state index is 11.8. The third-order valence-corrected chi connectivity index (χ3v) is 4.51. The minimum Gasteiger partial charge on any atom is -0.388 e. The molecule has 0 aliphatic heterocycles. The van der Waals surface area contributed by atoms with Crippen LogP contribution in [0.2, 0.25) is 0 Å². The van der Waals surface area contributed by atoms with Crippen LogP contribution in [0.4, 0.5) is 0 Å². The van der Waals surface area contributed by atoms with Gasteiger partial charge in [-0.25, -0.2) is 9.89 Å². The number of benzene rings is 1. The van der Waals surface area contributed by atoms with Gasteiger partial charge in [0.15, 0.2) is 5.16 Å². The summed E-state index contributed by atoms with van der Waals surface area (Å²) in [6, 6.07) is 8.00. The van der Waals surface area contributed by atoms with Gasteiger partial charge in [-0.3, -0.25) is 4.57 Å². The van der Waals surface area contributed by atoms with E-state index in [4.69, 9.17) is 0 Å². The highest BCUT2D eigenvalue weighted by Crippen LogP contribution is 2.39. The molecule has 1 heterocycles. The lowest BCUT2D eigenvalue weighted by molar-refractivity contribution is 0.171. The highest BCUT2D eigenvalue weighted by molar-refractivity contribution is 7.99. The zero-order valence-corrected chi connectivity index (χ0v) is 12.1. The number of aliphatic hydroxyl groups is 1. The number of aromatic amines is 1. The van der Waals surface area contributed by atoms with Crippen molar-refractivity contribution in [2.24, 2.45) is 0 Å². The maximum Gasteiger partial charge on any atom is 0.344 e. The van der Waals surface area contributed by atoms with Crippen LogP contribution in [0.5, 0.6) is 0 Å². The molecule has 1 aliphatic carbocycles. The van der Waals surface area contributed by atoms with Gasteiger partial charge in [-0.15, -0.1) is 5.10 Å². The molecule has 2 aromatic rings. The van der Waals surface area contributed by atoms with Crippen LogP contribution in [-0.2, 0) is 0 Å². The zero-order valence-electron chi connectivity index (χ0n) is 11.2. The van der Waals surface area contributed by atoms with E-state index in [9.17, 15) is 9.90 Å². The van der Waals surface area contributed by atoms with E-state index in [1.165, 1.54) is 11.8 Å². The predicted octanol–water partition coefficient (Wildman–Crippen LogP) is 2.50. The van der Waals surface area contributed by atoms with E-state index < -0.39 is 6.10 Å². The quantitative estimate of drug-likeness (QED) is 0.888. The van der Waals surface area contributed by atoms with E-state index in [0.717, 1.165) is 23.3 Å². The van der Waals surface area contributed by atoms with Crippen LogP contribution >= 0.6 is 11.8 Å². The Balaban J connectivity index is 1.94. The lowest BCUT2D eigenvalue weighted by Crippen LogP contribution is -2.16. The van der Waals surface area contributed by atoms with Gasteiger partial charge in [0, 0.05) is 10.9 Å². The van der Waals surface area contributed by atoms with Gasteiger partial charge in [0.05, 0.1) is 6.10 Å². The Hall–Kier alpha value is -1.53. The van der Waals surface area contributed by atoms with Crippen LogP contribution in [0, 0.1) is 0 Å². The molecule has 0 radical (unpaired) electrons. The number of hydrogen-bond donors (Lipinski definition) is 2. The van der Waals surface area contributed by atoms with Crippen molar-refractivity contribution in [2.45, 2.75) is 48.4 Å². The van der Waals surface area contributed by atoms with Crippen molar-refractivity contribution in [3.63, 3.8) is 0 Å². The van der Waals surface area contributed by atoms with Gasteiger partial charge in [-0.05, 0) is 42.7 Å². The Kier molecular flexibility index (Phi) is 3.67. The summed E-state index contributed by atoms with van der Waals surface area (Å²) in [6.45, 7) is 1.95. The minimum absolute atomic E-state index is 0.150. The van der Waals surface area contributed by atoms with Crippen LogP contribution in [0.25, 0.3) is 0 Å². The summed E-state index contributed by atoms with van der Waals surface area (Å²) in [5.74, 6) is 0. The molecule has 1 unspecified atom stereocenters. The van der Waals surface area contributed by atoms with Crippen LogP contribution in [0.15, 0.2) is 39.1 Å². The topological polar surface area (TPSA) is 70.9 Å². The maximum absolute atomic E-state index is 11.8. The van der Waals surface area contributed by atoms with Crippen molar-refractivity contribution in [2.75, 3.05) is 0 Å². The van der Waals surface area contributed by atoms with Gasteiger partial charge in [-0.2, -0.15) is 0 Å². The molecule has 1 saturated carbocycles. The fourth-order valence-corrected chi connectivity index (χ4v) is 3.27. The van der Waals surface area contributed by atoms with Gasteiger partial charge in [-0.1, -0.05) is 25.1 Å². The molecule has 1 aromatic heterocycles. The Labute approximate surface area is 121 Å². The summed E-state index contributed by atoms with van der Waals surface area (Å²) >= 11 is 1.43. The summed E-state index contributed by atoms with van der Waals surface area (Å²) in [6.07, 6.45) is 2.24. The molecule has 1 atom stereocenters. The fourth-order valence-electron chi connectivity index (χ4n) is 2.18. The highest BCUT2D eigenvalue weighted by atomic mass is 32.2. The first-order chi connectivity index (χ1) is 9.70. The van der Waals surface area contributed by atoms with Crippen molar-refractivity contribution in [3.8, 4) is 0 Å². The number of nitrogens with zero attached hydrogens (tertiary/aromatic N) is 2. The predicted molar refractivity (Wildman–Crippen MR) is 76.9 cm³/mol. The average Bonchev–Trinajstić information content (AvgIpc) is 3.23. The first-order valence-corrected chi connectivity index (χ1v) is 7.64. The highest BCUT2D eigenvalue weighted by Gasteiger charge is 2.29. The molecule has 0 bridgehead atoms. The van der Waals surface area contributed by atoms with Gasteiger partial charge >= 0.3 is 5.69 Å². The molecular weight excluding hydrogens is 274 g/mol. The number of nitrogens with one attached hydrogen (secondary N) is 1. The summed E-state index contributed by atoms with van der Waals surface area (Å²) in [5.41, 5.74) is 0.737. The number of H-pyrrole nitrogens is 1. The Morgan fingerprint density at radius 3 is 2.95 bits per heavy atom. The number of hydrogen-bond acceptors (Lipinski definition) is 4. The molecule has 2 N–H and O–H groups in total. The lowest BCUT2D eigenvalue weighted by Gasteiger charge is -2.13. The normalized spacial score (nSPS) is 16.3. The van der Waals surface area contributed by atoms with E-state index >= 15 is 0 Å². The third-order valence-electron chi connectivity index (χ3n) is 3.45. The van der Waals surface area contributed by atoms with Crippen molar-refractivity contribution in [1.29, 1.82) is 0 Å². The first-order valence-electron chi connectivity index (χ1n) is 6.82. The molecule has 106 valence electrons. The number of rotatable bonds is 5. The van der Waals surface area contributed by atoms with Crippen LogP contribution in [0.3, 0.4) is 0 Å². The number of aromatic nitrogens is 3. The van der Waals surface area contributed by atoms with E-state index in [2.05, 4.69) is 10.2 Å². The molecule has 1 aromatic carbocycles. The van der Waals surface area contributed by atoms with E-state index in [1.54, 1.807) is 4.57 Å². The van der Waals surface area contributed by atoms with Crippen molar-refractivity contribution >= 4 is 11.8 Å². The molecule has 6 heteroatoms. The lowest BCUT2D eigenvalue weighted by atomic mass is 10.1. The molecular formula is C14H17N3O2S. The molecule has 5 nitrogen and oxygen atoms in total. The van der Waals surface area contributed by atoms with Crippen molar-refractivity contribution in [3.05, 3.63) is 40.3 Å². The van der Waals surface area contributed by atoms with Crippen LogP contribution < -0.4 is 5.69 Å². The smallest absolute Gasteiger partial charge is 0.344 e. The average molecular weight is 291 g/mol. The van der Waals surface area contributed by atoms with Crippen LogP contribution in [0.1, 0.15) is 43.9 Å². The van der Waals surface area contributed by atoms with E-state index in [1.807, 2.05) is 31.2 Å². The molecule has 3 rings (SSSR count). The number of aliphatic hydroxyl groups excluding tert-OH is 1. The second-order valence-electron chi connectivity index (χ2n) is 4.98. The molecule has 1 fully saturated rings. The zero-order chi connectivity index (χ0) is 14.1. The van der Waals surface area contributed by atoms with Gasteiger partial charge in [0.25, 0.3) is 0 Å². The minimum atomic E-state index is -0.487. The van der Waals surface area contributed by atoms with Gasteiger partial charge in [0.2, 0.25) is 0 Å². The Bertz CT molecular complexity index is 660. The molecule has 20 heavy (non-hydrogen) atoms. The molecule has 0 amide bonds. The van der Waals surface area contributed by atoms with Gasteiger partial charge in [0.1, 0.15) is 0 Å². The SMILES string of the molecule is CCC(O)c1ccccc1Sc1n[nH]c(=O)n1C1CC1. The second kappa shape index (κ2) is 5.46. The first kappa shape index (κ1) is 13.5. The fraction of sp³-hybridized carbons (Fsp3) is 0.429. The van der Waals surface area contributed by atoms with Crippen LogP contribution in [-0.4, -0.2) is 19.9 Å². The third kappa shape index (κ3) is 2.53. The standard InChI is InChI=1S/C14H17N3O2S/c1-2-11(18)10-5-3-4-6-12(10)20-14-16-15-13(19)17(14)9-7-8-9/h3-6,9,11,18H,2,7-8H2,1H3,(H,15,19). The summed E-state index contributed by atoms with van der Waals surface area (Å²) in [5, 5.41) is 17.4. The molecule has 1 aliphatic rings.